The number of halogens is 8. The van der Waals surface area contributed by atoms with Crippen LogP contribution in [0.4, 0.5) is 30.7 Å². The second-order valence-corrected chi connectivity index (χ2v) is 8.49. The molecule has 0 aliphatic rings. The summed E-state index contributed by atoms with van der Waals surface area (Å²) >= 11 is 1.56. The zero-order valence-electron chi connectivity index (χ0n) is 12.7. The second-order valence-electron chi connectivity index (χ2n) is 5.88. The van der Waals surface area contributed by atoms with Crippen molar-refractivity contribution in [3.63, 3.8) is 0 Å². The molecule has 0 aromatic heterocycles. The first-order valence-corrected chi connectivity index (χ1v) is 8.36. The largest absolute Gasteiger partial charge is 0.459 e. The molecule has 0 heterocycles. The van der Waals surface area contributed by atoms with E-state index in [-0.39, 0.29) is 6.42 Å². The van der Waals surface area contributed by atoms with Gasteiger partial charge in [-0.25, -0.2) is 0 Å². The quantitative estimate of drug-likeness (QED) is 0.144. The molecule has 0 rings (SSSR count). The van der Waals surface area contributed by atoms with E-state index >= 15 is 0 Å². The van der Waals surface area contributed by atoms with Crippen LogP contribution in [0.25, 0.3) is 0 Å². The normalized spacial score (nSPS) is 16.6. The van der Waals surface area contributed by atoms with Crippen molar-refractivity contribution in [2.75, 3.05) is 0 Å². The molecule has 0 N–H and O–H groups in total. The average molecular weight is 450 g/mol. The van der Waals surface area contributed by atoms with Crippen LogP contribution in [0.1, 0.15) is 65.2 Å². The number of rotatable bonds is 10. The van der Waals surface area contributed by atoms with E-state index in [0.717, 1.165) is 32.1 Å². The van der Waals surface area contributed by atoms with E-state index in [2.05, 4.69) is 0 Å². The van der Waals surface area contributed by atoms with Gasteiger partial charge in [-0.3, -0.25) is 0 Å². The van der Waals surface area contributed by atoms with Crippen molar-refractivity contribution in [3.05, 3.63) is 0 Å². The van der Waals surface area contributed by atoms with Crippen LogP contribution >= 0.6 is 22.6 Å². The van der Waals surface area contributed by atoms with Crippen LogP contribution in [0.2, 0.25) is 0 Å². The van der Waals surface area contributed by atoms with Crippen LogP contribution in [0.3, 0.4) is 0 Å². The van der Waals surface area contributed by atoms with Gasteiger partial charge >= 0.3 is 18.0 Å². The molecule has 134 valence electrons. The van der Waals surface area contributed by atoms with Crippen molar-refractivity contribution in [1.82, 2.24) is 0 Å². The Hall–Kier alpha value is 0.240. The lowest BCUT2D eigenvalue weighted by Crippen LogP contribution is -2.53. The lowest BCUT2D eigenvalue weighted by atomic mass is 9.93. The van der Waals surface area contributed by atoms with Gasteiger partial charge in [0.05, 0.1) is 0 Å². The Balaban J connectivity index is 4.50. The molecule has 22 heavy (non-hydrogen) atoms. The summed E-state index contributed by atoms with van der Waals surface area (Å²) in [6.07, 6.45) is -2.21. The van der Waals surface area contributed by atoms with Crippen LogP contribution < -0.4 is 0 Å². The maximum absolute atomic E-state index is 13.4. The molecule has 0 saturated heterocycles. The molecule has 8 heteroatoms. The van der Waals surface area contributed by atoms with Crippen molar-refractivity contribution < 1.29 is 30.7 Å². The fourth-order valence-electron chi connectivity index (χ4n) is 2.14. The highest BCUT2D eigenvalue weighted by Crippen LogP contribution is 2.51. The number of alkyl halides is 8. The van der Waals surface area contributed by atoms with Crippen LogP contribution in [0.5, 0.6) is 0 Å². The third-order valence-corrected chi connectivity index (χ3v) is 4.38. The van der Waals surface area contributed by atoms with E-state index in [1.54, 1.807) is 22.6 Å². The highest BCUT2D eigenvalue weighted by Gasteiger charge is 2.73. The third-order valence-electron chi connectivity index (χ3n) is 3.46. The second kappa shape index (κ2) is 8.37. The fourth-order valence-corrected chi connectivity index (χ4v) is 3.00. The van der Waals surface area contributed by atoms with E-state index in [4.69, 9.17) is 0 Å². The molecule has 0 aromatic rings. The summed E-state index contributed by atoms with van der Waals surface area (Å²) in [7, 11) is 0. The molecule has 0 amide bonds. The van der Waals surface area contributed by atoms with Gasteiger partial charge in [-0.2, -0.15) is 30.7 Å². The summed E-state index contributed by atoms with van der Waals surface area (Å²) in [6, 6.07) is 0. The fraction of sp³-hybridized carbons (Fsp3) is 1.00. The molecule has 0 aliphatic carbocycles. The van der Waals surface area contributed by atoms with Gasteiger partial charge < -0.3 is 0 Å². The molecule has 1 unspecified atom stereocenters. The predicted octanol–water partition coefficient (Wildman–Crippen LogP) is 7.15. The minimum absolute atomic E-state index is 0.184. The smallest absolute Gasteiger partial charge is 0.199 e. The Bertz CT molecular complexity index is 324. The Morgan fingerprint density at radius 3 is 1.68 bits per heavy atom. The van der Waals surface area contributed by atoms with Crippen molar-refractivity contribution in [1.29, 1.82) is 0 Å². The molecule has 0 aliphatic heterocycles. The zero-order chi connectivity index (χ0) is 17.7. The topological polar surface area (TPSA) is 0 Å². The summed E-state index contributed by atoms with van der Waals surface area (Å²) < 4.78 is 87.5. The van der Waals surface area contributed by atoms with Gasteiger partial charge in [0.15, 0.2) is 0 Å². The molecule has 0 saturated carbocycles. The minimum atomic E-state index is -6.25. The standard InChI is InChI=1S/C14H22F7I/c1-3-4-5-6-7-8-9-11(2,22)10-12(15,16)13(17,18)14(19,20)21/h3-10H2,1-2H3. The number of unbranched alkanes of at least 4 members (excludes halogenated alkanes) is 5. The molecular weight excluding hydrogens is 428 g/mol. The van der Waals surface area contributed by atoms with Gasteiger partial charge in [0.2, 0.25) is 0 Å². The van der Waals surface area contributed by atoms with E-state index in [1.807, 2.05) is 6.92 Å². The molecule has 0 fully saturated rings. The maximum atomic E-state index is 13.4. The van der Waals surface area contributed by atoms with Gasteiger partial charge in [-0.05, 0) is 6.42 Å². The summed E-state index contributed by atoms with van der Waals surface area (Å²) in [5.41, 5.74) is 0. The molecule has 1 atom stereocenters. The van der Waals surface area contributed by atoms with Crippen LogP contribution in [0, 0.1) is 0 Å². The van der Waals surface area contributed by atoms with Gasteiger partial charge in [0.25, 0.3) is 0 Å². The highest BCUT2D eigenvalue weighted by molar-refractivity contribution is 14.1. The van der Waals surface area contributed by atoms with Crippen LogP contribution in [0.15, 0.2) is 0 Å². The molecule has 0 nitrogen and oxygen atoms in total. The van der Waals surface area contributed by atoms with E-state index in [1.165, 1.54) is 6.92 Å². The third kappa shape index (κ3) is 6.78. The monoisotopic (exact) mass is 450 g/mol. The molecular formula is C14H22F7I. The lowest BCUT2D eigenvalue weighted by molar-refractivity contribution is -0.356. The summed E-state index contributed by atoms with van der Waals surface area (Å²) in [6.45, 7) is 3.34. The van der Waals surface area contributed by atoms with E-state index in [9.17, 15) is 30.7 Å². The van der Waals surface area contributed by atoms with Crippen molar-refractivity contribution in [2.45, 2.75) is 86.7 Å². The maximum Gasteiger partial charge on any atom is 0.459 e. The van der Waals surface area contributed by atoms with Gasteiger partial charge in [0, 0.05) is 9.84 Å². The zero-order valence-corrected chi connectivity index (χ0v) is 14.8. The minimum Gasteiger partial charge on any atom is -0.199 e. The first kappa shape index (κ1) is 22.2. The summed E-state index contributed by atoms with van der Waals surface area (Å²) in [5, 5.41) is 0. The first-order chi connectivity index (χ1) is 9.77. The van der Waals surface area contributed by atoms with Gasteiger partial charge in [0.1, 0.15) is 0 Å². The Kier molecular flexibility index (Phi) is 8.46. The van der Waals surface area contributed by atoms with Crippen LogP contribution in [-0.4, -0.2) is 21.4 Å². The van der Waals surface area contributed by atoms with Crippen LogP contribution in [-0.2, 0) is 0 Å². The molecule has 0 radical (unpaired) electrons. The van der Waals surface area contributed by atoms with Crippen molar-refractivity contribution >= 4 is 22.6 Å². The molecule has 0 bridgehead atoms. The van der Waals surface area contributed by atoms with Gasteiger partial charge in [-0.15, -0.1) is 0 Å². The first-order valence-electron chi connectivity index (χ1n) is 7.28. The summed E-state index contributed by atoms with van der Waals surface area (Å²) in [4.78, 5) is 0. The Morgan fingerprint density at radius 1 is 0.773 bits per heavy atom. The Labute approximate surface area is 140 Å². The molecule has 0 aromatic carbocycles. The highest BCUT2D eigenvalue weighted by atomic mass is 127. The van der Waals surface area contributed by atoms with Crippen molar-refractivity contribution in [2.24, 2.45) is 0 Å². The average Bonchev–Trinajstić information content (AvgIpc) is 2.30. The number of hydrogen-bond acceptors (Lipinski definition) is 0. The van der Waals surface area contributed by atoms with Crippen molar-refractivity contribution in [3.8, 4) is 0 Å². The Morgan fingerprint density at radius 2 is 1.23 bits per heavy atom. The molecule has 0 spiro atoms. The lowest BCUT2D eigenvalue weighted by Gasteiger charge is -2.33. The summed E-state index contributed by atoms with van der Waals surface area (Å²) in [5.74, 6) is -11.1. The number of hydrogen-bond donors (Lipinski definition) is 0. The van der Waals surface area contributed by atoms with E-state index in [0.29, 0.717) is 6.42 Å². The SMILES string of the molecule is CCCCCCCCC(C)(I)CC(F)(F)C(F)(F)C(F)(F)F. The van der Waals surface area contributed by atoms with Gasteiger partial charge in [-0.1, -0.05) is 75.0 Å². The predicted molar refractivity (Wildman–Crippen MR) is 81.0 cm³/mol. The van der Waals surface area contributed by atoms with E-state index < -0.39 is 27.9 Å².